The highest BCUT2D eigenvalue weighted by Gasteiger charge is 2.26. The third-order valence-corrected chi connectivity index (χ3v) is 7.46. The molecule has 0 spiro atoms. The van der Waals surface area contributed by atoms with E-state index in [2.05, 4.69) is 22.2 Å². The van der Waals surface area contributed by atoms with Crippen LogP contribution in [0, 0.1) is 0 Å². The van der Waals surface area contributed by atoms with Crippen LogP contribution in [-0.2, 0) is 27.7 Å². The predicted octanol–water partition coefficient (Wildman–Crippen LogP) is 2.24. The summed E-state index contributed by atoms with van der Waals surface area (Å²) >= 11 is 1.70. The van der Waals surface area contributed by atoms with E-state index >= 15 is 0 Å². The third-order valence-electron chi connectivity index (χ3n) is 4.51. The molecule has 1 aromatic heterocycles. The van der Waals surface area contributed by atoms with Crippen LogP contribution < -0.4 is 4.74 Å². The standard InChI is InChI=1S/C19H27N3O4S2/c1-3-19-20-16(15-27-19)14-21(2)8-13-26-17-4-6-18(7-5-17)28(23,24)22-9-11-25-12-10-22/h4-7,15H,3,8-14H2,1-2H3. The second-order valence-corrected chi connectivity index (χ2v) is 9.54. The van der Waals surface area contributed by atoms with Gasteiger partial charge in [0.25, 0.3) is 0 Å². The molecule has 0 atom stereocenters. The monoisotopic (exact) mass is 425 g/mol. The van der Waals surface area contributed by atoms with Gasteiger partial charge in [0, 0.05) is 31.6 Å². The number of rotatable bonds is 9. The number of sulfonamides is 1. The minimum atomic E-state index is -3.46. The highest BCUT2D eigenvalue weighted by molar-refractivity contribution is 7.89. The molecule has 0 amide bonds. The summed E-state index contributed by atoms with van der Waals surface area (Å²) in [6, 6.07) is 6.62. The quantitative estimate of drug-likeness (QED) is 0.614. The van der Waals surface area contributed by atoms with Crippen molar-refractivity contribution in [2.24, 2.45) is 0 Å². The summed E-state index contributed by atoms with van der Waals surface area (Å²) in [5.41, 5.74) is 1.09. The first-order valence-electron chi connectivity index (χ1n) is 9.41. The molecule has 0 unspecified atom stereocenters. The number of aromatic nitrogens is 1. The molecule has 0 N–H and O–H groups in total. The van der Waals surface area contributed by atoms with Gasteiger partial charge in [0.2, 0.25) is 10.0 Å². The van der Waals surface area contributed by atoms with Crippen molar-refractivity contribution < 1.29 is 17.9 Å². The van der Waals surface area contributed by atoms with Gasteiger partial charge in [-0.15, -0.1) is 11.3 Å². The van der Waals surface area contributed by atoms with E-state index in [-0.39, 0.29) is 4.90 Å². The summed E-state index contributed by atoms with van der Waals surface area (Å²) in [6.07, 6.45) is 0.967. The van der Waals surface area contributed by atoms with Crippen LogP contribution in [0.2, 0.25) is 0 Å². The van der Waals surface area contributed by atoms with Crippen LogP contribution in [0.3, 0.4) is 0 Å². The van der Waals surface area contributed by atoms with E-state index in [0.717, 1.165) is 30.2 Å². The van der Waals surface area contributed by atoms with Gasteiger partial charge in [0.05, 0.1) is 28.8 Å². The van der Waals surface area contributed by atoms with Crippen LogP contribution in [-0.4, -0.2) is 69.1 Å². The predicted molar refractivity (Wildman–Crippen MR) is 109 cm³/mol. The van der Waals surface area contributed by atoms with E-state index in [9.17, 15) is 8.42 Å². The summed E-state index contributed by atoms with van der Waals surface area (Å²) in [7, 11) is -1.43. The average Bonchev–Trinajstić information content (AvgIpc) is 3.16. The van der Waals surface area contributed by atoms with Crippen molar-refractivity contribution in [3.05, 3.63) is 40.3 Å². The number of nitrogens with zero attached hydrogens (tertiary/aromatic N) is 3. The first-order chi connectivity index (χ1) is 13.5. The Morgan fingerprint density at radius 3 is 2.61 bits per heavy atom. The van der Waals surface area contributed by atoms with Crippen LogP contribution in [0.25, 0.3) is 0 Å². The van der Waals surface area contributed by atoms with Crippen molar-refractivity contribution in [3.63, 3.8) is 0 Å². The van der Waals surface area contributed by atoms with E-state index in [4.69, 9.17) is 9.47 Å². The van der Waals surface area contributed by atoms with Crippen LogP contribution in [0.5, 0.6) is 5.75 Å². The van der Waals surface area contributed by atoms with Gasteiger partial charge in [0.15, 0.2) is 0 Å². The van der Waals surface area contributed by atoms with Gasteiger partial charge in [-0.3, -0.25) is 4.90 Å². The number of thiazole rings is 1. The zero-order valence-electron chi connectivity index (χ0n) is 16.3. The van der Waals surface area contributed by atoms with Gasteiger partial charge in [0.1, 0.15) is 12.4 Å². The first-order valence-corrected chi connectivity index (χ1v) is 11.7. The summed E-state index contributed by atoms with van der Waals surface area (Å²) in [6.45, 7) is 5.85. The maximum atomic E-state index is 12.6. The van der Waals surface area contributed by atoms with Gasteiger partial charge in [-0.1, -0.05) is 6.92 Å². The van der Waals surface area contributed by atoms with Crippen molar-refractivity contribution >= 4 is 21.4 Å². The highest BCUT2D eigenvalue weighted by atomic mass is 32.2. The Labute approximate surface area is 170 Å². The third kappa shape index (κ3) is 5.51. The number of likely N-dealkylation sites (N-methyl/N-ethyl adjacent to an activating group) is 1. The Morgan fingerprint density at radius 1 is 1.25 bits per heavy atom. The van der Waals surface area contributed by atoms with Crippen LogP contribution in [0.4, 0.5) is 0 Å². The molecular weight excluding hydrogens is 398 g/mol. The molecule has 2 heterocycles. The number of benzene rings is 1. The molecule has 9 heteroatoms. The molecule has 1 saturated heterocycles. The van der Waals surface area contributed by atoms with E-state index in [0.29, 0.717) is 38.7 Å². The summed E-state index contributed by atoms with van der Waals surface area (Å²) in [5, 5.41) is 3.26. The van der Waals surface area contributed by atoms with E-state index in [1.54, 1.807) is 35.6 Å². The summed E-state index contributed by atoms with van der Waals surface area (Å²) < 4.78 is 37.7. The van der Waals surface area contributed by atoms with Crippen molar-refractivity contribution in [2.75, 3.05) is 46.5 Å². The normalized spacial score (nSPS) is 15.8. The minimum absolute atomic E-state index is 0.286. The Bertz CT molecular complexity index is 846. The number of hydrogen-bond donors (Lipinski definition) is 0. The molecule has 0 radical (unpaired) electrons. The molecule has 0 aliphatic carbocycles. The molecule has 1 aromatic carbocycles. The van der Waals surface area contributed by atoms with Crippen LogP contribution >= 0.6 is 11.3 Å². The van der Waals surface area contributed by atoms with Crippen molar-refractivity contribution in [2.45, 2.75) is 24.8 Å². The lowest BCUT2D eigenvalue weighted by atomic mass is 10.3. The summed E-state index contributed by atoms with van der Waals surface area (Å²) in [4.78, 5) is 7.02. The second-order valence-electron chi connectivity index (χ2n) is 6.66. The second kappa shape index (κ2) is 9.80. The largest absolute Gasteiger partial charge is 0.492 e. The summed E-state index contributed by atoms with van der Waals surface area (Å²) in [5.74, 6) is 0.663. The first kappa shape index (κ1) is 21.2. The fraction of sp³-hybridized carbons (Fsp3) is 0.526. The van der Waals surface area contributed by atoms with Crippen molar-refractivity contribution in [1.29, 1.82) is 0 Å². The maximum absolute atomic E-state index is 12.6. The molecule has 1 aliphatic rings. The molecule has 7 nitrogen and oxygen atoms in total. The zero-order valence-corrected chi connectivity index (χ0v) is 18.0. The Hall–Kier alpha value is -1.52. The molecule has 0 saturated carbocycles. The Kier molecular flexibility index (Phi) is 7.42. The van der Waals surface area contributed by atoms with Crippen LogP contribution in [0.1, 0.15) is 17.6 Å². The van der Waals surface area contributed by atoms with Gasteiger partial charge in [-0.05, 0) is 37.7 Å². The fourth-order valence-electron chi connectivity index (χ4n) is 2.90. The van der Waals surface area contributed by atoms with Gasteiger partial charge >= 0.3 is 0 Å². The van der Waals surface area contributed by atoms with Crippen molar-refractivity contribution in [1.82, 2.24) is 14.2 Å². The number of hydrogen-bond acceptors (Lipinski definition) is 7. The molecule has 1 fully saturated rings. The van der Waals surface area contributed by atoms with Gasteiger partial charge < -0.3 is 9.47 Å². The number of aryl methyl sites for hydroxylation is 1. The maximum Gasteiger partial charge on any atom is 0.243 e. The topological polar surface area (TPSA) is 72.0 Å². The molecular formula is C19H27N3O4S2. The van der Waals surface area contributed by atoms with E-state index in [1.165, 1.54) is 4.31 Å². The van der Waals surface area contributed by atoms with Gasteiger partial charge in [-0.2, -0.15) is 4.31 Å². The molecule has 2 aromatic rings. The van der Waals surface area contributed by atoms with Crippen molar-refractivity contribution in [3.8, 4) is 5.75 Å². The molecule has 28 heavy (non-hydrogen) atoms. The average molecular weight is 426 g/mol. The smallest absolute Gasteiger partial charge is 0.243 e. The van der Waals surface area contributed by atoms with E-state index < -0.39 is 10.0 Å². The molecule has 1 aliphatic heterocycles. The number of ether oxygens (including phenoxy) is 2. The lowest BCUT2D eigenvalue weighted by Crippen LogP contribution is -2.40. The zero-order chi connectivity index (χ0) is 20.0. The SMILES string of the molecule is CCc1nc(CN(C)CCOc2ccc(S(=O)(=O)N3CCOCC3)cc2)cs1. The Morgan fingerprint density at radius 2 is 1.96 bits per heavy atom. The lowest BCUT2D eigenvalue weighted by Gasteiger charge is -2.26. The number of morpholine rings is 1. The Balaban J connectivity index is 1.47. The van der Waals surface area contributed by atoms with Crippen LogP contribution in [0.15, 0.2) is 34.5 Å². The molecule has 154 valence electrons. The molecule has 0 bridgehead atoms. The highest BCUT2D eigenvalue weighted by Crippen LogP contribution is 2.20. The van der Waals surface area contributed by atoms with E-state index in [1.807, 2.05) is 7.05 Å². The lowest BCUT2D eigenvalue weighted by molar-refractivity contribution is 0.0730. The minimum Gasteiger partial charge on any atom is -0.492 e. The van der Waals surface area contributed by atoms with Gasteiger partial charge in [-0.25, -0.2) is 13.4 Å². The fourth-order valence-corrected chi connectivity index (χ4v) is 5.05. The molecule has 3 rings (SSSR count).